The maximum Gasteiger partial charge on any atom is 0.136 e. The monoisotopic (exact) mass is 626 g/mol. The Labute approximate surface area is 289 Å². The molecule has 10 aromatic rings. The lowest BCUT2D eigenvalue weighted by molar-refractivity contribution is 0.669. The van der Waals surface area contributed by atoms with Gasteiger partial charge in [0.15, 0.2) is 0 Å². The number of fused-ring (bicyclic) bond motifs is 6. The minimum absolute atomic E-state index is 0.0803. The van der Waals surface area contributed by atoms with Crippen LogP contribution in [-0.4, -0.2) is 0 Å². The van der Waals surface area contributed by atoms with Gasteiger partial charge in [-0.3, -0.25) is 0 Å². The molecular weight excluding hydrogens is 593 g/mol. The summed E-state index contributed by atoms with van der Waals surface area (Å²) < 4.78 is 44.8. The van der Waals surface area contributed by atoms with Crippen molar-refractivity contribution < 1.29 is 9.90 Å². The average molecular weight is 627 g/mol. The van der Waals surface area contributed by atoms with Crippen molar-refractivity contribution in [2.24, 2.45) is 0 Å². The fraction of sp³-hybridized carbons (Fsp3) is 0. The molecule has 0 aliphatic carbocycles. The van der Waals surface area contributed by atoms with Crippen LogP contribution in [0.3, 0.4) is 0 Å². The molecule has 1 nitrogen and oxygen atoms in total. The van der Waals surface area contributed by atoms with Gasteiger partial charge in [-0.1, -0.05) is 164 Å². The molecule has 0 saturated heterocycles. The van der Waals surface area contributed by atoms with Crippen LogP contribution in [0.5, 0.6) is 0 Å². The van der Waals surface area contributed by atoms with E-state index in [-0.39, 0.29) is 35.3 Å². The smallest absolute Gasteiger partial charge is 0.136 e. The van der Waals surface area contributed by atoms with E-state index in [4.69, 9.17) is 4.42 Å². The van der Waals surface area contributed by atoms with E-state index in [2.05, 4.69) is 60.7 Å². The Morgan fingerprint density at radius 2 is 0.837 bits per heavy atom. The fourth-order valence-corrected chi connectivity index (χ4v) is 7.56. The molecule has 228 valence electrons. The summed E-state index contributed by atoms with van der Waals surface area (Å²) >= 11 is 0. The van der Waals surface area contributed by atoms with Crippen LogP contribution in [0.1, 0.15) is 5.48 Å². The molecule has 0 saturated carbocycles. The van der Waals surface area contributed by atoms with Gasteiger partial charge in [0.2, 0.25) is 0 Å². The summed E-state index contributed by atoms with van der Waals surface area (Å²) in [6.45, 7) is 0. The third-order valence-corrected chi connectivity index (χ3v) is 9.72. The molecule has 1 heteroatoms. The molecule has 0 amide bonds. The third kappa shape index (κ3) is 4.40. The van der Waals surface area contributed by atoms with Gasteiger partial charge in [-0.25, -0.2) is 0 Å². The first-order valence-corrected chi connectivity index (χ1v) is 16.5. The molecule has 0 spiro atoms. The first kappa shape index (κ1) is 23.8. The van der Waals surface area contributed by atoms with E-state index in [0.717, 1.165) is 65.3 Å². The van der Waals surface area contributed by atoms with Gasteiger partial charge < -0.3 is 4.42 Å². The Morgan fingerprint density at radius 3 is 1.45 bits per heavy atom. The molecule has 9 aromatic carbocycles. The zero-order chi connectivity index (χ0) is 35.8. The lowest BCUT2D eigenvalue weighted by Crippen LogP contribution is -1.90. The molecule has 0 unspecified atom stereocenters. The van der Waals surface area contributed by atoms with Crippen molar-refractivity contribution in [3.63, 3.8) is 0 Å². The van der Waals surface area contributed by atoms with Crippen LogP contribution in [0.15, 0.2) is 186 Å². The summed E-state index contributed by atoms with van der Waals surface area (Å²) in [6.07, 6.45) is 0. The van der Waals surface area contributed by atoms with E-state index < -0.39 is 0 Å². The summed E-state index contributed by atoms with van der Waals surface area (Å²) in [4.78, 5) is 0. The van der Waals surface area contributed by atoms with E-state index in [1.165, 1.54) is 0 Å². The molecule has 0 N–H and O–H groups in total. The maximum absolute atomic E-state index is 9.60. The molecule has 1 heterocycles. The number of rotatable bonds is 4. The zero-order valence-corrected chi connectivity index (χ0v) is 26.4. The highest BCUT2D eigenvalue weighted by molar-refractivity contribution is 6.22. The van der Waals surface area contributed by atoms with E-state index in [1.807, 2.05) is 97.1 Å². The Morgan fingerprint density at radius 1 is 0.347 bits per heavy atom. The summed E-state index contributed by atoms with van der Waals surface area (Å²) in [5, 5.41) is 7.66. The van der Waals surface area contributed by atoms with Crippen molar-refractivity contribution >= 4 is 54.3 Å². The van der Waals surface area contributed by atoms with Crippen LogP contribution in [0.25, 0.3) is 98.8 Å². The van der Waals surface area contributed by atoms with Crippen LogP contribution >= 0.6 is 0 Å². The Kier molecular flexibility index (Phi) is 5.38. The summed E-state index contributed by atoms with van der Waals surface area (Å²) in [5.41, 5.74) is 7.32. The largest absolute Gasteiger partial charge is 0.456 e. The van der Waals surface area contributed by atoms with Gasteiger partial charge in [-0.2, -0.15) is 0 Å². The standard InChI is InChI=1S/C48H30O/c1-2-13-33(14-3-1)45-39-16-6-8-18-41(39)46(42-19-9-7-17-40(42)45)34-27-25-32(26-28-34)37-20-10-22-43-47(37)48-38(21-11-23-44(48)49-43)36-29-24-31-12-4-5-15-35(31)30-36/h1-30H/i25D,26D,27D,28D. The Bertz CT molecular complexity index is 3020. The summed E-state index contributed by atoms with van der Waals surface area (Å²) in [6, 6.07) is 52.4. The number of hydrogen-bond donors (Lipinski definition) is 0. The molecule has 1 aromatic heterocycles. The van der Waals surface area contributed by atoms with E-state index in [1.54, 1.807) is 0 Å². The van der Waals surface area contributed by atoms with Crippen molar-refractivity contribution in [3.8, 4) is 44.5 Å². The minimum atomic E-state index is -0.0914. The highest BCUT2D eigenvalue weighted by atomic mass is 16.3. The topological polar surface area (TPSA) is 13.1 Å². The molecule has 0 atom stereocenters. The predicted octanol–water partition coefficient (Wildman–Crippen LogP) is 13.7. The third-order valence-electron chi connectivity index (χ3n) is 9.72. The SMILES string of the molecule is [2H]c1c([2H])c(-c2cccc3oc4cccc(-c5ccc6ccccc6c5)c4c23)c([2H])c([2H])c1-c1c2ccccc2c(-c2ccccc2)c2ccccc12. The average Bonchev–Trinajstić information content (AvgIpc) is 3.60. The highest BCUT2D eigenvalue weighted by Gasteiger charge is 2.19. The highest BCUT2D eigenvalue weighted by Crippen LogP contribution is 2.45. The molecule has 0 radical (unpaired) electrons. The molecule has 0 aliphatic rings. The minimum Gasteiger partial charge on any atom is -0.456 e. The molecule has 0 fully saturated rings. The van der Waals surface area contributed by atoms with Crippen LogP contribution in [-0.2, 0) is 0 Å². The van der Waals surface area contributed by atoms with E-state index in [9.17, 15) is 5.48 Å². The lowest BCUT2D eigenvalue weighted by Gasteiger charge is -2.18. The quantitative estimate of drug-likeness (QED) is 0.177. The number of furan rings is 1. The lowest BCUT2D eigenvalue weighted by atomic mass is 9.85. The second-order valence-corrected chi connectivity index (χ2v) is 12.5. The van der Waals surface area contributed by atoms with Crippen molar-refractivity contribution in [3.05, 3.63) is 182 Å². The van der Waals surface area contributed by atoms with Crippen molar-refractivity contribution in [1.29, 1.82) is 0 Å². The van der Waals surface area contributed by atoms with Gasteiger partial charge in [-0.05, 0) is 95.0 Å². The second kappa shape index (κ2) is 11.1. The van der Waals surface area contributed by atoms with Gasteiger partial charge >= 0.3 is 0 Å². The van der Waals surface area contributed by atoms with Gasteiger partial charge in [0.05, 0.1) is 5.48 Å². The van der Waals surface area contributed by atoms with Gasteiger partial charge in [0, 0.05) is 10.8 Å². The van der Waals surface area contributed by atoms with Crippen LogP contribution in [0.2, 0.25) is 0 Å². The van der Waals surface area contributed by atoms with Crippen molar-refractivity contribution in [1.82, 2.24) is 0 Å². The normalized spacial score (nSPS) is 12.8. The Hall–Kier alpha value is -6.44. The summed E-state index contributed by atoms with van der Waals surface area (Å²) in [7, 11) is 0. The Balaban J connectivity index is 1.25. The van der Waals surface area contributed by atoms with Crippen LogP contribution < -0.4 is 0 Å². The number of benzene rings is 9. The van der Waals surface area contributed by atoms with Crippen LogP contribution in [0.4, 0.5) is 0 Å². The molecule has 0 bridgehead atoms. The first-order valence-electron chi connectivity index (χ1n) is 18.5. The fourth-order valence-electron chi connectivity index (χ4n) is 7.56. The number of hydrogen-bond acceptors (Lipinski definition) is 1. The molecular formula is C48H30O. The van der Waals surface area contributed by atoms with Crippen molar-refractivity contribution in [2.45, 2.75) is 0 Å². The van der Waals surface area contributed by atoms with Gasteiger partial charge in [-0.15, -0.1) is 0 Å². The molecule has 0 aliphatic heterocycles. The second-order valence-electron chi connectivity index (χ2n) is 12.5. The molecule has 10 rings (SSSR count). The predicted molar refractivity (Wildman–Crippen MR) is 208 cm³/mol. The van der Waals surface area contributed by atoms with Gasteiger partial charge in [0.1, 0.15) is 11.2 Å². The van der Waals surface area contributed by atoms with Crippen LogP contribution in [0, 0.1) is 0 Å². The maximum atomic E-state index is 9.60. The van der Waals surface area contributed by atoms with E-state index >= 15 is 0 Å². The summed E-state index contributed by atoms with van der Waals surface area (Å²) in [5.74, 6) is 0. The molecule has 49 heavy (non-hydrogen) atoms. The van der Waals surface area contributed by atoms with Crippen molar-refractivity contribution in [2.75, 3.05) is 0 Å². The van der Waals surface area contributed by atoms with Gasteiger partial charge in [0.25, 0.3) is 0 Å². The zero-order valence-electron chi connectivity index (χ0n) is 30.4. The van der Waals surface area contributed by atoms with E-state index in [0.29, 0.717) is 22.3 Å². The first-order chi connectivity index (χ1) is 26.0.